The lowest BCUT2D eigenvalue weighted by Crippen LogP contribution is -2.32. The SMILES string of the molecule is COc1ccc(-c2cc(C(O)(C3CC3)C3CC3)c3c(nc4n3CCCN4)c2Cl)c(C)n1. The van der Waals surface area contributed by atoms with Crippen LogP contribution >= 0.6 is 11.6 Å². The van der Waals surface area contributed by atoms with Gasteiger partial charge in [0.05, 0.1) is 23.3 Å². The summed E-state index contributed by atoms with van der Waals surface area (Å²) < 4.78 is 7.51. The number of methoxy groups -OCH3 is 1. The average Bonchev–Trinajstić information content (AvgIpc) is 3.69. The molecule has 0 atom stereocenters. The molecule has 0 radical (unpaired) electrons. The standard InChI is InChI=1S/C24H27ClN4O2/c1-13-16(8-9-19(27-13)31-2)17-12-18(24(30,14-4-5-14)15-6-7-15)22-21(20(17)25)28-23-26-10-3-11-29(22)23/h8-9,12,14-15,30H,3-7,10-11H2,1-2H3,(H,26,28). The van der Waals surface area contributed by atoms with Crippen molar-refractivity contribution in [2.24, 2.45) is 11.8 Å². The molecule has 0 amide bonds. The van der Waals surface area contributed by atoms with E-state index in [4.69, 9.17) is 21.3 Å². The summed E-state index contributed by atoms with van der Waals surface area (Å²) in [6, 6.07) is 5.98. The minimum Gasteiger partial charge on any atom is -0.481 e. The highest BCUT2D eigenvalue weighted by Gasteiger charge is 2.55. The Bertz CT molecular complexity index is 1180. The highest BCUT2D eigenvalue weighted by atomic mass is 35.5. The number of aromatic nitrogens is 3. The minimum absolute atomic E-state index is 0.315. The number of nitrogens with zero attached hydrogens (tertiary/aromatic N) is 3. The monoisotopic (exact) mass is 438 g/mol. The number of anilines is 1. The topological polar surface area (TPSA) is 72.2 Å². The van der Waals surface area contributed by atoms with Crippen molar-refractivity contribution in [3.05, 3.63) is 34.5 Å². The van der Waals surface area contributed by atoms with Crippen LogP contribution in [0.4, 0.5) is 5.95 Å². The van der Waals surface area contributed by atoms with Gasteiger partial charge in [0, 0.05) is 41.5 Å². The fourth-order valence-electron chi connectivity index (χ4n) is 5.33. The first-order valence-corrected chi connectivity index (χ1v) is 11.6. The average molecular weight is 439 g/mol. The third kappa shape index (κ3) is 2.88. The Balaban J connectivity index is 1.66. The fourth-order valence-corrected chi connectivity index (χ4v) is 5.62. The van der Waals surface area contributed by atoms with Gasteiger partial charge in [-0.2, -0.15) is 0 Å². The molecule has 2 N–H and O–H groups in total. The number of rotatable bonds is 5. The summed E-state index contributed by atoms with van der Waals surface area (Å²) in [5, 5.41) is 16.2. The van der Waals surface area contributed by atoms with Crippen molar-refractivity contribution in [1.29, 1.82) is 0 Å². The van der Waals surface area contributed by atoms with Crippen LogP contribution in [0.5, 0.6) is 5.88 Å². The second-order valence-corrected chi connectivity index (χ2v) is 9.59. The number of hydrogen-bond donors (Lipinski definition) is 2. The molecule has 0 bridgehead atoms. The van der Waals surface area contributed by atoms with Gasteiger partial charge in [0.25, 0.3) is 0 Å². The van der Waals surface area contributed by atoms with Gasteiger partial charge in [0.2, 0.25) is 11.8 Å². The number of aryl methyl sites for hydroxylation is 2. The number of nitrogens with one attached hydrogen (secondary N) is 1. The zero-order valence-corrected chi connectivity index (χ0v) is 18.7. The van der Waals surface area contributed by atoms with Crippen molar-refractivity contribution in [3.8, 4) is 17.0 Å². The number of aliphatic hydroxyl groups is 1. The molecule has 3 heterocycles. The number of imidazole rings is 1. The summed E-state index contributed by atoms with van der Waals surface area (Å²) in [7, 11) is 1.62. The molecule has 2 aromatic heterocycles. The lowest BCUT2D eigenvalue weighted by Gasteiger charge is -2.31. The van der Waals surface area contributed by atoms with Crippen LogP contribution in [0, 0.1) is 18.8 Å². The molecule has 6 nitrogen and oxygen atoms in total. The zero-order valence-electron chi connectivity index (χ0n) is 17.9. The third-order valence-corrected chi connectivity index (χ3v) is 7.57. The van der Waals surface area contributed by atoms with Crippen LogP contribution in [-0.2, 0) is 12.1 Å². The summed E-state index contributed by atoms with van der Waals surface area (Å²) in [5.74, 6) is 2.05. The largest absolute Gasteiger partial charge is 0.481 e. The molecule has 3 aliphatic rings. The first kappa shape index (κ1) is 19.4. The van der Waals surface area contributed by atoms with Crippen molar-refractivity contribution < 1.29 is 9.84 Å². The summed E-state index contributed by atoms with van der Waals surface area (Å²) in [6.45, 7) is 3.75. The normalized spacial score (nSPS) is 18.7. The lowest BCUT2D eigenvalue weighted by atomic mass is 9.81. The first-order chi connectivity index (χ1) is 15.0. The Morgan fingerprint density at radius 1 is 1.16 bits per heavy atom. The van der Waals surface area contributed by atoms with Crippen LogP contribution in [0.25, 0.3) is 22.2 Å². The van der Waals surface area contributed by atoms with Crippen molar-refractivity contribution in [1.82, 2.24) is 14.5 Å². The second kappa shape index (κ2) is 6.84. The number of hydrogen-bond acceptors (Lipinski definition) is 5. The molecule has 1 aromatic carbocycles. The molecule has 6 rings (SSSR count). The van der Waals surface area contributed by atoms with E-state index in [1.807, 2.05) is 19.1 Å². The van der Waals surface area contributed by atoms with Gasteiger partial charge in [-0.25, -0.2) is 9.97 Å². The summed E-state index contributed by atoms with van der Waals surface area (Å²) in [6.07, 6.45) is 5.34. The third-order valence-electron chi connectivity index (χ3n) is 7.19. The van der Waals surface area contributed by atoms with Crippen molar-refractivity contribution in [2.75, 3.05) is 19.0 Å². The second-order valence-electron chi connectivity index (χ2n) is 9.21. The first-order valence-electron chi connectivity index (χ1n) is 11.2. The molecule has 162 valence electrons. The smallest absolute Gasteiger partial charge is 0.213 e. The van der Waals surface area contributed by atoms with E-state index in [1.165, 1.54) is 0 Å². The quantitative estimate of drug-likeness (QED) is 0.593. The lowest BCUT2D eigenvalue weighted by molar-refractivity contribution is -0.00903. The molecule has 3 aromatic rings. The molecule has 0 saturated heterocycles. The van der Waals surface area contributed by atoms with E-state index in [9.17, 15) is 5.11 Å². The number of benzene rings is 1. The molecule has 2 saturated carbocycles. The number of fused-ring (bicyclic) bond motifs is 3. The van der Waals surface area contributed by atoms with Crippen LogP contribution in [0.1, 0.15) is 43.4 Å². The molecule has 0 unspecified atom stereocenters. The molecule has 1 aliphatic heterocycles. The predicted molar refractivity (Wildman–Crippen MR) is 122 cm³/mol. The highest BCUT2D eigenvalue weighted by Crippen LogP contribution is 2.59. The van der Waals surface area contributed by atoms with E-state index in [0.717, 1.165) is 84.6 Å². The van der Waals surface area contributed by atoms with Crippen molar-refractivity contribution >= 4 is 28.6 Å². The fraction of sp³-hybridized carbons (Fsp3) is 0.500. The van der Waals surface area contributed by atoms with Crippen LogP contribution < -0.4 is 10.1 Å². The zero-order chi connectivity index (χ0) is 21.3. The maximum atomic E-state index is 12.2. The molecular formula is C24H27ClN4O2. The van der Waals surface area contributed by atoms with E-state index in [0.29, 0.717) is 22.7 Å². The van der Waals surface area contributed by atoms with Crippen LogP contribution in [0.15, 0.2) is 18.2 Å². The molecule has 0 spiro atoms. The van der Waals surface area contributed by atoms with Gasteiger partial charge in [-0.1, -0.05) is 11.6 Å². The molecular weight excluding hydrogens is 412 g/mol. The van der Waals surface area contributed by atoms with Gasteiger partial charge in [0.1, 0.15) is 5.52 Å². The number of halogens is 1. The Hall–Kier alpha value is -2.31. The van der Waals surface area contributed by atoms with Gasteiger partial charge in [0.15, 0.2) is 0 Å². The molecule has 31 heavy (non-hydrogen) atoms. The molecule has 2 fully saturated rings. The van der Waals surface area contributed by atoms with Gasteiger partial charge in [-0.3, -0.25) is 0 Å². The Morgan fingerprint density at radius 3 is 2.55 bits per heavy atom. The number of ether oxygens (including phenoxy) is 1. The van der Waals surface area contributed by atoms with Crippen LogP contribution in [0.2, 0.25) is 5.02 Å². The van der Waals surface area contributed by atoms with Crippen molar-refractivity contribution in [2.45, 2.75) is 51.2 Å². The van der Waals surface area contributed by atoms with E-state index in [1.54, 1.807) is 7.11 Å². The highest BCUT2D eigenvalue weighted by molar-refractivity contribution is 6.38. The summed E-state index contributed by atoms with van der Waals surface area (Å²) in [4.78, 5) is 9.46. The Morgan fingerprint density at radius 2 is 1.90 bits per heavy atom. The van der Waals surface area contributed by atoms with Gasteiger partial charge in [-0.15, -0.1) is 0 Å². The van der Waals surface area contributed by atoms with Crippen LogP contribution in [0.3, 0.4) is 0 Å². The van der Waals surface area contributed by atoms with E-state index in [2.05, 4.69) is 20.9 Å². The summed E-state index contributed by atoms with van der Waals surface area (Å²) in [5.41, 5.74) is 4.61. The van der Waals surface area contributed by atoms with E-state index in [-0.39, 0.29) is 0 Å². The van der Waals surface area contributed by atoms with Crippen LogP contribution in [-0.4, -0.2) is 33.3 Å². The summed E-state index contributed by atoms with van der Waals surface area (Å²) >= 11 is 7.01. The van der Waals surface area contributed by atoms with E-state index < -0.39 is 5.60 Å². The number of pyridine rings is 1. The Labute approximate surface area is 186 Å². The molecule has 7 heteroatoms. The van der Waals surface area contributed by atoms with Crippen molar-refractivity contribution in [3.63, 3.8) is 0 Å². The Kier molecular flexibility index (Phi) is 4.28. The minimum atomic E-state index is -0.820. The maximum Gasteiger partial charge on any atom is 0.213 e. The predicted octanol–water partition coefficient (Wildman–Crippen LogP) is 4.89. The van der Waals surface area contributed by atoms with Gasteiger partial charge < -0.3 is 19.7 Å². The van der Waals surface area contributed by atoms with E-state index >= 15 is 0 Å². The maximum absolute atomic E-state index is 12.2. The van der Waals surface area contributed by atoms with Gasteiger partial charge >= 0.3 is 0 Å². The molecule has 2 aliphatic carbocycles. The van der Waals surface area contributed by atoms with Gasteiger partial charge in [-0.05, 0) is 63.0 Å².